The van der Waals surface area contributed by atoms with Crippen molar-refractivity contribution in [1.82, 2.24) is 10.5 Å². The molecule has 0 saturated heterocycles. The summed E-state index contributed by atoms with van der Waals surface area (Å²) in [7, 11) is 0. The summed E-state index contributed by atoms with van der Waals surface area (Å²) in [6.07, 6.45) is 3.36. The molecule has 0 unspecified atom stereocenters. The van der Waals surface area contributed by atoms with Gasteiger partial charge < -0.3 is 0 Å². The van der Waals surface area contributed by atoms with Crippen LogP contribution < -0.4 is 5.48 Å². The fraction of sp³-hybridized carbons (Fsp3) is 0.143. The lowest BCUT2D eigenvalue weighted by molar-refractivity contribution is -0.128. The van der Waals surface area contributed by atoms with Gasteiger partial charge in [0, 0.05) is 12.4 Å². The summed E-state index contributed by atoms with van der Waals surface area (Å²) >= 11 is 0. The first-order valence-corrected chi connectivity index (χ1v) is 3.15. The van der Waals surface area contributed by atoms with Crippen molar-refractivity contribution in [3.8, 4) is 0 Å². The van der Waals surface area contributed by atoms with Crippen LogP contribution in [0.5, 0.6) is 0 Å². The minimum Gasteiger partial charge on any atom is -0.289 e. The second-order valence-electron chi connectivity index (χ2n) is 2.07. The van der Waals surface area contributed by atoms with Crippen molar-refractivity contribution in [2.75, 3.05) is 0 Å². The van der Waals surface area contributed by atoms with E-state index in [4.69, 9.17) is 5.21 Å². The summed E-state index contributed by atoms with van der Waals surface area (Å²) in [6.45, 7) is 0. The van der Waals surface area contributed by atoms with Crippen molar-refractivity contribution >= 4 is 5.91 Å². The Bertz CT molecular complexity index is 235. The average Bonchev–Trinajstić information content (AvgIpc) is 2.06. The summed E-state index contributed by atoms with van der Waals surface area (Å²) in [4.78, 5) is 14.4. The molecule has 1 amide bonds. The molecule has 1 heterocycles. The molecule has 4 heteroatoms. The summed E-state index contributed by atoms with van der Waals surface area (Å²) in [5.74, 6) is -0.432. The number of pyridine rings is 1. The van der Waals surface area contributed by atoms with E-state index in [2.05, 4.69) is 4.98 Å². The Morgan fingerprint density at radius 2 is 2.55 bits per heavy atom. The van der Waals surface area contributed by atoms with E-state index in [9.17, 15) is 4.79 Å². The Kier molecular flexibility index (Phi) is 2.57. The number of amides is 1. The van der Waals surface area contributed by atoms with Gasteiger partial charge in [-0.3, -0.25) is 15.0 Å². The lowest BCUT2D eigenvalue weighted by atomic mass is 10.2. The molecule has 0 aliphatic carbocycles. The molecule has 0 spiro atoms. The van der Waals surface area contributed by atoms with Gasteiger partial charge in [-0.15, -0.1) is 0 Å². The Morgan fingerprint density at radius 1 is 1.73 bits per heavy atom. The van der Waals surface area contributed by atoms with Crippen molar-refractivity contribution in [2.24, 2.45) is 0 Å². The highest BCUT2D eigenvalue weighted by Gasteiger charge is 1.99. The summed E-state index contributed by atoms with van der Waals surface area (Å²) < 4.78 is 0. The van der Waals surface area contributed by atoms with Crippen LogP contribution in [0, 0.1) is 0 Å². The van der Waals surface area contributed by atoms with E-state index in [1.807, 2.05) is 0 Å². The van der Waals surface area contributed by atoms with Gasteiger partial charge in [-0.05, 0) is 11.6 Å². The van der Waals surface area contributed by atoms with E-state index in [1.165, 1.54) is 0 Å². The molecule has 0 bridgehead atoms. The molecular formula is C7H8N2O2. The van der Waals surface area contributed by atoms with Crippen molar-refractivity contribution in [1.29, 1.82) is 0 Å². The molecule has 0 aromatic carbocycles. The average molecular weight is 152 g/mol. The fourth-order valence-electron chi connectivity index (χ4n) is 0.728. The second kappa shape index (κ2) is 3.68. The van der Waals surface area contributed by atoms with Gasteiger partial charge in [-0.25, -0.2) is 5.48 Å². The van der Waals surface area contributed by atoms with E-state index in [1.54, 1.807) is 30.0 Å². The second-order valence-corrected chi connectivity index (χ2v) is 2.07. The fourth-order valence-corrected chi connectivity index (χ4v) is 0.728. The first-order chi connectivity index (χ1) is 5.33. The van der Waals surface area contributed by atoms with Crippen LogP contribution in [0.4, 0.5) is 0 Å². The van der Waals surface area contributed by atoms with E-state index in [0.717, 1.165) is 5.56 Å². The Morgan fingerprint density at radius 3 is 3.09 bits per heavy atom. The number of nitrogens with one attached hydrogen (secondary N) is 1. The van der Waals surface area contributed by atoms with Crippen LogP contribution >= 0.6 is 0 Å². The predicted molar refractivity (Wildman–Crippen MR) is 37.9 cm³/mol. The number of hydroxylamine groups is 1. The predicted octanol–water partition coefficient (Wildman–Crippen LogP) is 0.129. The number of rotatable bonds is 2. The third kappa shape index (κ3) is 2.35. The molecule has 11 heavy (non-hydrogen) atoms. The first kappa shape index (κ1) is 7.68. The van der Waals surface area contributed by atoms with Gasteiger partial charge in [0.2, 0.25) is 5.91 Å². The van der Waals surface area contributed by atoms with Crippen LogP contribution in [0.15, 0.2) is 24.5 Å². The maximum atomic E-state index is 10.6. The molecule has 0 atom stereocenters. The van der Waals surface area contributed by atoms with Gasteiger partial charge >= 0.3 is 0 Å². The quantitative estimate of drug-likeness (QED) is 0.467. The number of hydrogen-bond donors (Lipinski definition) is 2. The van der Waals surface area contributed by atoms with E-state index < -0.39 is 5.91 Å². The summed E-state index contributed by atoms with van der Waals surface area (Å²) in [5.41, 5.74) is 2.32. The topological polar surface area (TPSA) is 62.2 Å². The van der Waals surface area contributed by atoms with Crippen LogP contribution in [0.25, 0.3) is 0 Å². The molecule has 1 aromatic heterocycles. The Labute approximate surface area is 63.8 Å². The third-order valence-electron chi connectivity index (χ3n) is 1.21. The third-order valence-corrected chi connectivity index (χ3v) is 1.21. The van der Waals surface area contributed by atoms with Crippen LogP contribution in [0.1, 0.15) is 5.56 Å². The molecule has 2 N–H and O–H groups in total. The largest absolute Gasteiger partial charge is 0.289 e. The number of hydrogen-bond acceptors (Lipinski definition) is 3. The smallest absolute Gasteiger partial charge is 0.247 e. The number of carbonyl (C=O) groups is 1. The standard InChI is InChI=1S/C7H8N2O2/c10-7(9-11)4-6-2-1-3-8-5-6/h1-3,5,11H,4H2,(H,9,10). The monoisotopic (exact) mass is 152 g/mol. The highest BCUT2D eigenvalue weighted by molar-refractivity contribution is 5.77. The zero-order chi connectivity index (χ0) is 8.10. The van der Waals surface area contributed by atoms with Crippen LogP contribution in [0.3, 0.4) is 0 Å². The SMILES string of the molecule is O=C(Cc1cccnc1)NO. The number of aromatic nitrogens is 1. The normalized spacial score (nSPS) is 9.18. The maximum Gasteiger partial charge on any atom is 0.247 e. The number of nitrogens with zero attached hydrogens (tertiary/aromatic N) is 1. The molecule has 4 nitrogen and oxygen atoms in total. The molecular weight excluding hydrogens is 144 g/mol. The molecule has 1 aromatic rings. The number of carbonyl (C=O) groups excluding carboxylic acids is 1. The van der Waals surface area contributed by atoms with Crippen LogP contribution in [0.2, 0.25) is 0 Å². The highest BCUT2D eigenvalue weighted by Crippen LogP contribution is 1.95. The molecule has 58 valence electrons. The Hall–Kier alpha value is -1.42. The van der Waals surface area contributed by atoms with E-state index in [0.29, 0.717) is 0 Å². The van der Waals surface area contributed by atoms with Crippen LogP contribution in [-0.2, 0) is 11.2 Å². The van der Waals surface area contributed by atoms with E-state index >= 15 is 0 Å². The van der Waals surface area contributed by atoms with Gasteiger partial charge in [-0.1, -0.05) is 6.07 Å². The van der Waals surface area contributed by atoms with Crippen molar-refractivity contribution in [2.45, 2.75) is 6.42 Å². The van der Waals surface area contributed by atoms with Crippen molar-refractivity contribution in [3.63, 3.8) is 0 Å². The molecule has 0 radical (unpaired) electrons. The molecule has 0 saturated carbocycles. The Balaban J connectivity index is 2.58. The lowest BCUT2D eigenvalue weighted by Crippen LogP contribution is -2.20. The molecule has 0 aliphatic heterocycles. The zero-order valence-electron chi connectivity index (χ0n) is 5.82. The maximum absolute atomic E-state index is 10.6. The summed E-state index contributed by atoms with van der Waals surface area (Å²) in [5, 5.41) is 8.18. The lowest BCUT2D eigenvalue weighted by Gasteiger charge is -1.96. The van der Waals surface area contributed by atoms with Gasteiger partial charge in [-0.2, -0.15) is 0 Å². The highest BCUT2D eigenvalue weighted by atomic mass is 16.5. The van der Waals surface area contributed by atoms with Gasteiger partial charge in [0.05, 0.1) is 6.42 Å². The molecule has 0 aliphatic rings. The van der Waals surface area contributed by atoms with Gasteiger partial charge in [0.1, 0.15) is 0 Å². The van der Waals surface area contributed by atoms with E-state index in [-0.39, 0.29) is 6.42 Å². The van der Waals surface area contributed by atoms with Crippen LogP contribution in [-0.4, -0.2) is 16.1 Å². The van der Waals surface area contributed by atoms with Gasteiger partial charge in [0.25, 0.3) is 0 Å². The molecule has 0 fully saturated rings. The van der Waals surface area contributed by atoms with Gasteiger partial charge in [0.15, 0.2) is 0 Å². The minimum atomic E-state index is -0.432. The first-order valence-electron chi connectivity index (χ1n) is 3.15. The molecule has 1 rings (SSSR count). The summed E-state index contributed by atoms with van der Waals surface area (Å²) in [6, 6.07) is 3.50. The van der Waals surface area contributed by atoms with Crippen molar-refractivity contribution in [3.05, 3.63) is 30.1 Å². The minimum absolute atomic E-state index is 0.157. The van der Waals surface area contributed by atoms with Crippen molar-refractivity contribution < 1.29 is 10.0 Å². The zero-order valence-corrected chi connectivity index (χ0v) is 5.82.